The molecule has 1 N–H and O–H groups in total. The van der Waals surface area contributed by atoms with Crippen molar-refractivity contribution in [3.05, 3.63) is 35.4 Å². The molecule has 0 aromatic heterocycles. The van der Waals surface area contributed by atoms with Gasteiger partial charge in [-0.05, 0) is 31.0 Å². The molecule has 4 nitrogen and oxygen atoms in total. The van der Waals surface area contributed by atoms with Gasteiger partial charge in [-0.3, -0.25) is 9.59 Å². The van der Waals surface area contributed by atoms with E-state index in [1.54, 1.807) is 0 Å². The Morgan fingerprint density at radius 3 is 2.60 bits per heavy atom. The number of benzene rings is 1. The van der Waals surface area contributed by atoms with Gasteiger partial charge in [0.15, 0.2) is 17.4 Å². The lowest BCUT2D eigenvalue weighted by Gasteiger charge is -2.16. The zero-order chi connectivity index (χ0) is 14.7. The third kappa shape index (κ3) is 3.60. The lowest BCUT2D eigenvalue weighted by Crippen LogP contribution is -2.40. The smallest absolute Gasteiger partial charge is 0.307 e. The van der Waals surface area contributed by atoms with E-state index in [1.165, 1.54) is 13.2 Å². The molecule has 1 fully saturated rings. The van der Waals surface area contributed by atoms with Crippen LogP contribution in [0.5, 0.6) is 0 Å². The topological polar surface area (TPSA) is 55.4 Å². The second-order valence-electron chi connectivity index (χ2n) is 4.77. The predicted octanol–water partition coefficient (Wildman–Crippen LogP) is 1.83. The SMILES string of the molecule is COC(=O)CC(NC1CC1)C(=O)c1ccc(F)c(F)c1. The number of esters is 1. The Balaban J connectivity index is 2.15. The van der Waals surface area contributed by atoms with E-state index in [0.29, 0.717) is 0 Å². The highest BCUT2D eigenvalue weighted by Gasteiger charge is 2.31. The average molecular weight is 283 g/mol. The number of rotatable bonds is 6. The van der Waals surface area contributed by atoms with Crippen LogP contribution in [0.25, 0.3) is 0 Å². The summed E-state index contributed by atoms with van der Waals surface area (Å²) in [6.07, 6.45) is 1.73. The van der Waals surface area contributed by atoms with E-state index in [-0.39, 0.29) is 18.0 Å². The molecule has 108 valence electrons. The van der Waals surface area contributed by atoms with Crippen LogP contribution >= 0.6 is 0 Å². The summed E-state index contributed by atoms with van der Waals surface area (Å²) in [5.74, 6) is -3.07. The van der Waals surface area contributed by atoms with Crippen LogP contribution in [0.15, 0.2) is 18.2 Å². The first kappa shape index (κ1) is 14.6. The molecule has 1 aliphatic carbocycles. The van der Waals surface area contributed by atoms with E-state index in [1.807, 2.05) is 0 Å². The average Bonchev–Trinajstić information content (AvgIpc) is 3.24. The number of hydrogen-bond donors (Lipinski definition) is 1. The Morgan fingerprint density at radius 1 is 1.35 bits per heavy atom. The van der Waals surface area contributed by atoms with Crippen molar-refractivity contribution in [3.8, 4) is 0 Å². The van der Waals surface area contributed by atoms with Crippen LogP contribution in [-0.4, -0.2) is 30.9 Å². The summed E-state index contributed by atoms with van der Waals surface area (Å²) < 4.78 is 30.6. The van der Waals surface area contributed by atoms with Crippen molar-refractivity contribution in [2.75, 3.05) is 7.11 Å². The fraction of sp³-hybridized carbons (Fsp3) is 0.429. The third-order valence-electron chi connectivity index (χ3n) is 3.13. The predicted molar refractivity (Wildman–Crippen MR) is 67.3 cm³/mol. The number of halogens is 2. The Hall–Kier alpha value is -1.82. The molecule has 6 heteroatoms. The van der Waals surface area contributed by atoms with E-state index in [9.17, 15) is 18.4 Å². The van der Waals surface area contributed by atoms with Crippen molar-refractivity contribution in [2.24, 2.45) is 0 Å². The Bertz CT molecular complexity index is 529. The van der Waals surface area contributed by atoms with Gasteiger partial charge >= 0.3 is 5.97 Å². The number of ether oxygens (including phenoxy) is 1. The number of ketones is 1. The molecule has 1 aromatic rings. The zero-order valence-corrected chi connectivity index (χ0v) is 11.0. The van der Waals surface area contributed by atoms with Crippen LogP contribution in [0.4, 0.5) is 8.78 Å². The molecule has 0 spiro atoms. The first-order chi connectivity index (χ1) is 9.51. The maximum atomic E-state index is 13.2. The second kappa shape index (κ2) is 6.09. The van der Waals surface area contributed by atoms with E-state index in [4.69, 9.17) is 0 Å². The Kier molecular flexibility index (Phi) is 4.44. The summed E-state index contributed by atoms with van der Waals surface area (Å²) in [6.45, 7) is 0. The number of hydrogen-bond acceptors (Lipinski definition) is 4. The third-order valence-corrected chi connectivity index (χ3v) is 3.13. The minimum Gasteiger partial charge on any atom is -0.469 e. The summed E-state index contributed by atoms with van der Waals surface area (Å²) in [7, 11) is 1.23. The first-order valence-corrected chi connectivity index (χ1v) is 6.33. The molecule has 1 saturated carbocycles. The maximum absolute atomic E-state index is 13.2. The number of nitrogens with one attached hydrogen (secondary N) is 1. The van der Waals surface area contributed by atoms with Crippen molar-refractivity contribution in [1.29, 1.82) is 0 Å². The van der Waals surface area contributed by atoms with Crippen LogP contribution in [-0.2, 0) is 9.53 Å². The van der Waals surface area contributed by atoms with Crippen molar-refractivity contribution in [1.82, 2.24) is 5.32 Å². The molecule has 1 aliphatic rings. The summed E-state index contributed by atoms with van der Waals surface area (Å²) in [4.78, 5) is 23.6. The first-order valence-electron chi connectivity index (χ1n) is 6.33. The van der Waals surface area contributed by atoms with E-state index < -0.39 is 29.4 Å². The quantitative estimate of drug-likeness (QED) is 0.639. The van der Waals surface area contributed by atoms with E-state index in [2.05, 4.69) is 10.1 Å². The van der Waals surface area contributed by atoms with Crippen LogP contribution in [0.2, 0.25) is 0 Å². The summed E-state index contributed by atoms with van der Waals surface area (Å²) in [5.41, 5.74) is 0.0333. The molecule has 1 atom stereocenters. The molecule has 0 amide bonds. The van der Waals surface area contributed by atoms with Crippen LogP contribution in [0, 0.1) is 11.6 Å². The fourth-order valence-corrected chi connectivity index (χ4v) is 1.86. The molecule has 0 radical (unpaired) electrons. The normalized spacial score (nSPS) is 15.8. The monoisotopic (exact) mass is 283 g/mol. The minimum absolute atomic E-state index is 0.0333. The lowest BCUT2D eigenvalue weighted by molar-refractivity contribution is -0.140. The molecule has 2 rings (SSSR count). The molecule has 0 aliphatic heterocycles. The highest BCUT2D eigenvalue weighted by Crippen LogP contribution is 2.21. The van der Waals surface area contributed by atoms with Gasteiger partial charge in [0.05, 0.1) is 19.6 Å². The Labute approximate surface area is 115 Å². The van der Waals surface area contributed by atoms with Crippen molar-refractivity contribution in [3.63, 3.8) is 0 Å². The fourth-order valence-electron chi connectivity index (χ4n) is 1.86. The molecule has 0 heterocycles. The van der Waals surface area contributed by atoms with Gasteiger partial charge in [-0.2, -0.15) is 0 Å². The van der Waals surface area contributed by atoms with Crippen LogP contribution < -0.4 is 5.32 Å². The standard InChI is InChI=1S/C14H15F2NO3/c1-20-13(18)7-12(17-9-3-4-9)14(19)8-2-5-10(15)11(16)6-8/h2,5-6,9,12,17H,3-4,7H2,1H3. The largest absolute Gasteiger partial charge is 0.469 e. The van der Waals surface area contributed by atoms with Crippen molar-refractivity contribution < 1.29 is 23.1 Å². The van der Waals surface area contributed by atoms with E-state index >= 15 is 0 Å². The number of carbonyl (C=O) groups excluding carboxylic acids is 2. The van der Waals surface area contributed by atoms with Crippen molar-refractivity contribution in [2.45, 2.75) is 31.3 Å². The summed E-state index contributed by atoms with van der Waals surface area (Å²) in [6, 6.07) is 2.36. The van der Waals surface area contributed by atoms with E-state index in [0.717, 1.165) is 25.0 Å². The Morgan fingerprint density at radius 2 is 2.05 bits per heavy atom. The highest BCUT2D eigenvalue weighted by atomic mass is 19.2. The van der Waals surface area contributed by atoms with Crippen LogP contribution in [0.3, 0.4) is 0 Å². The molecule has 1 aromatic carbocycles. The molecule has 1 unspecified atom stereocenters. The van der Waals surface area contributed by atoms with Gasteiger partial charge in [0.2, 0.25) is 0 Å². The van der Waals surface area contributed by atoms with Crippen LogP contribution in [0.1, 0.15) is 29.6 Å². The van der Waals surface area contributed by atoms with Gasteiger partial charge in [-0.25, -0.2) is 8.78 Å². The highest BCUT2D eigenvalue weighted by molar-refractivity contribution is 6.01. The molecule has 0 saturated heterocycles. The van der Waals surface area contributed by atoms with Crippen molar-refractivity contribution >= 4 is 11.8 Å². The van der Waals surface area contributed by atoms with Gasteiger partial charge in [0, 0.05) is 11.6 Å². The van der Waals surface area contributed by atoms with Gasteiger partial charge in [0.25, 0.3) is 0 Å². The summed E-state index contributed by atoms with van der Waals surface area (Å²) in [5, 5.41) is 3.02. The number of Topliss-reactive ketones (excluding diaryl/α,β-unsaturated/α-hetero) is 1. The minimum atomic E-state index is -1.08. The van der Waals surface area contributed by atoms with Gasteiger partial charge in [-0.15, -0.1) is 0 Å². The molecule has 0 bridgehead atoms. The van der Waals surface area contributed by atoms with Gasteiger partial charge < -0.3 is 10.1 Å². The molecule has 20 heavy (non-hydrogen) atoms. The maximum Gasteiger partial charge on any atom is 0.307 e. The number of carbonyl (C=O) groups is 2. The van der Waals surface area contributed by atoms with Gasteiger partial charge in [0.1, 0.15) is 0 Å². The van der Waals surface area contributed by atoms with Gasteiger partial charge in [-0.1, -0.05) is 0 Å². The number of methoxy groups -OCH3 is 1. The lowest BCUT2D eigenvalue weighted by atomic mass is 10.0. The zero-order valence-electron chi connectivity index (χ0n) is 11.0. The second-order valence-corrected chi connectivity index (χ2v) is 4.77. The molecular weight excluding hydrogens is 268 g/mol. The summed E-state index contributed by atoms with van der Waals surface area (Å²) >= 11 is 0. The molecular formula is C14H15F2NO3.